The summed E-state index contributed by atoms with van der Waals surface area (Å²) >= 11 is 0. The monoisotopic (exact) mass is 778 g/mol. The van der Waals surface area contributed by atoms with E-state index in [1.807, 2.05) is 36.5 Å². The molecule has 0 spiro atoms. The molecule has 228 valence electrons. The third kappa shape index (κ3) is 5.01. The molecule has 0 bridgehead atoms. The van der Waals surface area contributed by atoms with Gasteiger partial charge >= 0.3 is 0 Å². The van der Waals surface area contributed by atoms with Crippen molar-refractivity contribution in [2.45, 2.75) is 26.2 Å². The summed E-state index contributed by atoms with van der Waals surface area (Å²) in [6.07, 6.45) is 3.96. The Hall–Kier alpha value is -4.99. The molecule has 0 saturated heterocycles. The number of nitrogens with zero attached hydrogens (tertiary/aromatic N) is 4. The van der Waals surface area contributed by atoms with Gasteiger partial charge in [-0.25, -0.2) is 4.98 Å². The average Bonchev–Trinajstić information content (AvgIpc) is 3.64. The Balaban J connectivity index is 0.00000338. The Morgan fingerprint density at radius 2 is 1.48 bits per heavy atom. The number of phenolic OH excluding ortho intramolecular Hbond substituents is 1. The zero-order valence-electron chi connectivity index (χ0n) is 25.7. The van der Waals surface area contributed by atoms with Gasteiger partial charge in [-0.3, -0.25) is 4.98 Å². The molecule has 1 N–H and O–H groups in total. The van der Waals surface area contributed by atoms with Crippen LogP contribution in [-0.2, 0) is 26.5 Å². The van der Waals surface area contributed by atoms with Crippen LogP contribution >= 0.6 is 0 Å². The molecule has 8 rings (SSSR count). The number of aromatic hydroxyl groups is 1. The quantitative estimate of drug-likeness (QED) is 0.181. The summed E-state index contributed by atoms with van der Waals surface area (Å²) in [6, 6.07) is 42.6. The molecule has 4 heterocycles. The minimum Gasteiger partial charge on any atom is -0.517 e. The SMILES string of the molecule is CC(C)(C)c1cc(-c2cc(-n3ccc4ccccc43)ccn2)nc(-n2c3[c-]c(-c4ccccc4O)ccc3c3ccccc32)c1.[Pt]. The first kappa shape index (κ1) is 29.7. The van der Waals surface area contributed by atoms with E-state index in [4.69, 9.17) is 9.97 Å². The summed E-state index contributed by atoms with van der Waals surface area (Å²) in [5.41, 5.74) is 8.32. The number of aromatic nitrogens is 4. The summed E-state index contributed by atoms with van der Waals surface area (Å²) in [6.45, 7) is 6.67. The number of pyridine rings is 2. The molecular formula is C40H31N4OPt-. The van der Waals surface area contributed by atoms with Crippen LogP contribution < -0.4 is 0 Å². The van der Waals surface area contributed by atoms with E-state index < -0.39 is 0 Å². The van der Waals surface area contributed by atoms with Crippen molar-refractivity contribution in [1.29, 1.82) is 0 Å². The summed E-state index contributed by atoms with van der Waals surface area (Å²) in [7, 11) is 0. The van der Waals surface area contributed by atoms with Crippen molar-refractivity contribution in [3.63, 3.8) is 0 Å². The van der Waals surface area contributed by atoms with E-state index in [1.54, 1.807) is 6.07 Å². The van der Waals surface area contributed by atoms with Gasteiger partial charge in [-0.15, -0.1) is 23.8 Å². The Morgan fingerprint density at radius 1 is 0.717 bits per heavy atom. The van der Waals surface area contributed by atoms with Crippen molar-refractivity contribution >= 4 is 32.7 Å². The zero-order chi connectivity index (χ0) is 30.7. The number of phenols is 1. The molecule has 0 unspecified atom stereocenters. The van der Waals surface area contributed by atoms with E-state index >= 15 is 0 Å². The van der Waals surface area contributed by atoms with Crippen molar-refractivity contribution in [2.24, 2.45) is 0 Å². The van der Waals surface area contributed by atoms with Crippen LogP contribution in [0, 0.1) is 6.07 Å². The molecule has 0 saturated carbocycles. The van der Waals surface area contributed by atoms with Crippen LogP contribution in [0.15, 0.2) is 128 Å². The van der Waals surface area contributed by atoms with Gasteiger partial charge in [0.15, 0.2) is 0 Å². The molecule has 5 nitrogen and oxygen atoms in total. The summed E-state index contributed by atoms with van der Waals surface area (Å²) in [5.74, 6) is 1.03. The smallest absolute Gasteiger partial charge is 0.137 e. The summed E-state index contributed by atoms with van der Waals surface area (Å²) in [5, 5.41) is 14.0. The molecule has 0 fully saturated rings. The fourth-order valence-electron chi connectivity index (χ4n) is 6.20. The van der Waals surface area contributed by atoms with Crippen molar-refractivity contribution in [3.05, 3.63) is 139 Å². The van der Waals surface area contributed by atoms with Crippen LogP contribution in [0.5, 0.6) is 5.75 Å². The van der Waals surface area contributed by atoms with Crippen LogP contribution in [0.3, 0.4) is 0 Å². The van der Waals surface area contributed by atoms with Gasteiger partial charge in [0, 0.05) is 44.7 Å². The number of rotatable bonds is 4. The molecule has 4 aromatic carbocycles. The number of hydrogen-bond donors (Lipinski definition) is 1. The van der Waals surface area contributed by atoms with Crippen LogP contribution in [-0.4, -0.2) is 24.2 Å². The first-order valence-electron chi connectivity index (χ1n) is 15.1. The van der Waals surface area contributed by atoms with Crippen LogP contribution in [0.4, 0.5) is 0 Å². The Bertz CT molecular complexity index is 2400. The van der Waals surface area contributed by atoms with Crippen molar-refractivity contribution in [1.82, 2.24) is 19.1 Å². The first-order chi connectivity index (χ1) is 21.8. The van der Waals surface area contributed by atoms with Crippen LogP contribution in [0.1, 0.15) is 26.3 Å². The maximum atomic E-state index is 10.7. The van der Waals surface area contributed by atoms with Gasteiger partial charge in [-0.1, -0.05) is 86.3 Å². The Kier molecular flexibility index (Phi) is 7.38. The fourth-order valence-corrected chi connectivity index (χ4v) is 6.20. The first-order valence-corrected chi connectivity index (χ1v) is 15.1. The van der Waals surface area contributed by atoms with Gasteiger partial charge in [0.05, 0.1) is 22.7 Å². The second-order valence-corrected chi connectivity index (χ2v) is 12.5. The van der Waals surface area contributed by atoms with Crippen molar-refractivity contribution < 1.29 is 26.2 Å². The predicted molar refractivity (Wildman–Crippen MR) is 183 cm³/mol. The third-order valence-electron chi connectivity index (χ3n) is 8.57. The van der Waals surface area contributed by atoms with Gasteiger partial charge in [-0.2, -0.15) is 0 Å². The maximum absolute atomic E-state index is 10.7. The standard InChI is InChI=1S/C40H31N4O.Pt/c1-40(2,3)28-23-34(33-25-29(18-20-41-33)43-21-19-26-10-4-7-13-35(26)43)42-39(24-28)44-36-14-8-5-12-31(36)32-17-16-27(22-37(32)44)30-11-6-9-15-38(30)45;/h4-21,23-25,45H,1-3H3;/q-1;. The average molecular weight is 779 g/mol. The van der Waals surface area contributed by atoms with E-state index in [-0.39, 0.29) is 32.2 Å². The van der Waals surface area contributed by atoms with Gasteiger partial charge < -0.3 is 14.2 Å². The van der Waals surface area contributed by atoms with E-state index in [9.17, 15) is 5.11 Å². The molecule has 6 heteroatoms. The minimum atomic E-state index is -0.135. The molecule has 0 amide bonds. The number of benzene rings is 4. The molecule has 0 radical (unpaired) electrons. The van der Waals surface area contributed by atoms with Gasteiger partial charge in [0.1, 0.15) is 5.82 Å². The fraction of sp³-hybridized carbons (Fsp3) is 0.100. The third-order valence-corrected chi connectivity index (χ3v) is 8.57. The van der Waals surface area contributed by atoms with E-state index in [2.05, 4.69) is 121 Å². The van der Waals surface area contributed by atoms with Gasteiger partial charge in [0.2, 0.25) is 0 Å². The van der Waals surface area contributed by atoms with E-state index in [1.165, 1.54) is 5.39 Å². The largest absolute Gasteiger partial charge is 0.517 e. The second kappa shape index (κ2) is 11.4. The molecule has 46 heavy (non-hydrogen) atoms. The number of hydrogen-bond acceptors (Lipinski definition) is 3. The van der Waals surface area contributed by atoms with Gasteiger partial charge in [0.25, 0.3) is 0 Å². The molecule has 0 atom stereocenters. The maximum Gasteiger partial charge on any atom is 0.137 e. The molecular weight excluding hydrogens is 748 g/mol. The van der Waals surface area contributed by atoms with Crippen molar-refractivity contribution in [3.8, 4) is 39.8 Å². The topological polar surface area (TPSA) is 55.9 Å². The van der Waals surface area contributed by atoms with E-state index in [0.717, 1.165) is 66.9 Å². The minimum absolute atomic E-state index is 0. The van der Waals surface area contributed by atoms with Crippen molar-refractivity contribution in [2.75, 3.05) is 0 Å². The molecule has 4 aromatic heterocycles. The van der Waals surface area contributed by atoms with Gasteiger partial charge in [-0.05, 0) is 75.8 Å². The normalized spacial score (nSPS) is 11.7. The predicted octanol–water partition coefficient (Wildman–Crippen LogP) is 9.65. The van der Waals surface area contributed by atoms with Crippen LogP contribution in [0.2, 0.25) is 0 Å². The zero-order valence-corrected chi connectivity index (χ0v) is 27.9. The molecule has 8 aromatic rings. The molecule has 0 aliphatic carbocycles. The number of fused-ring (bicyclic) bond motifs is 4. The molecule has 0 aliphatic heterocycles. The summed E-state index contributed by atoms with van der Waals surface area (Å²) in [4.78, 5) is 10.1. The molecule has 0 aliphatic rings. The number of para-hydroxylation sites is 3. The Labute approximate surface area is 282 Å². The summed E-state index contributed by atoms with van der Waals surface area (Å²) < 4.78 is 4.38. The second-order valence-electron chi connectivity index (χ2n) is 12.5. The van der Waals surface area contributed by atoms with Crippen LogP contribution in [0.25, 0.3) is 66.7 Å². The Morgan fingerprint density at radius 3 is 2.30 bits per heavy atom. The van der Waals surface area contributed by atoms with E-state index in [0.29, 0.717) is 0 Å².